The Morgan fingerprint density at radius 3 is 3.00 bits per heavy atom. The van der Waals surface area contributed by atoms with Crippen LogP contribution in [-0.2, 0) is 4.74 Å². The molecule has 5 nitrogen and oxygen atoms in total. The van der Waals surface area contributed by atoms with E-state index in [1.165, 1.54) is 0 Å². The second kappa shape index (κ2) is 5.69. The second-order valence-corrected chi connectivity index (χ2v) is 5.37. The summed E-state index contributed by atoms with van der Waals surface area (Å²) >= 11 is 0. The number of aromatic nitrogens is 1. The minimum absolute atomic E-state index is 0.205. The van der Waals surface area contributed by atoms with Crippen molar-refractivity contribution in [1.29, 1.82) is 0 Å². The summed E-state index contributed by atoms with van der Waals surface area (Å²) in [5.74, 6) is -0.262. The van der Waals surface area contributed by atoms with Gasteiger partial charge in [-0.3, -0.25) is 0 Å². The van der Waals surface area contributed by atoms with Gasteiger partial charge in [-0.1, -0.05) is 18.2 Å². The Hall–Kier alpha value is -2.14. The molecule has 1 aromatic carbocycles. The van der Waals surface area contributed by atoms with Gasteiger partial charge in [0.25, 0.3) is 0 Å². The fourth-order valence-electron chi connectivity index (χ4n) is 2.72. The average Bonchev–Trinajstić information content (AvgIpc) is 2.98. The first-order valence-corrected chi connectivity index (χ1v) is 7.11. The Kier molecular flexibility index (Phi) is 3.75. The van der Waals surface area contributed by atoms with Crippen LogP contribution in [-0.4, -0.2) is 42.4 Å². The maximum atomic E-state index is 11.5. The van der Waals surface area contributed by atoms with E-state index >= 15 is 0 Å². The van der Waals surface area contributed by atoms with E-state index in [0.29, 0.717) is 16.7 Å². The Balaban J connectivity index is 1.96. The van der Waals surface area contributed by atoms with Gasteiger partial charge < -0.3 is 14.7 Å². The number of para-hydroxylation sites is 1. The minimum atomic E-state index is -0.930. The molecule has 1 unspecified atom stereocenters. The van der Waals surface area contributed by atoms with E-state index in [0.717, 1.165) is 26.0 Å². The largest absolute Gasteiger partial charge is 0.478 e. The zero-order valence-corrected chi connectivity index (χ0v) is 12.0. The number of carboxylic acid groups (broad SMARTS) is 1. The van der Waals surface area contributed by atoms with Crippen molar-refractivity contribution in [3.63, 3.8) is 0 Å². The number of anilines is 1. The van der Waals surface area contributed by atoms with Crippen molar-refractivity contribution in [2.45, 2.75) is 18.9 Å². The summed E-state index contributed by atoms with van der Waals surface area (Å²) in [6, 6.07) is 8.96. The average molecular weight is 286 g/mol. The third-order valence-corrected chi connectivity index (χ3v) is 3.83. The van der Waals surface area contributed by atoms with Crippen molar-refractivity contribution in [3.8, 4) is 0 Å². The molecule has 0 saturated carbocycles. The van der Waals surface area contributed by atoms with Crippen LogP contribution in [0, 0.1) is 0 Å². The number of hydrogen-bond acceptors (Lipinski definition) is 4. The van der Waals surface area contributed by atoms with Gasteiger partial charge in [0, 0.05) is 25.6 Å². The van der Waals surface area contributed by atoms with Crippen LogP contribution in [0.15, 0.2) is 30.3 Å². The predicted molar refractivity (Wildman–Crippen MR) is 80.9 cm³/mol. The number of hydrogen-bond donors (Lipinski definition) is 1. The number of pyridine rings is 1. The third-order valence-electron chi connectivity index (χ3n) is 3.83. The lowest BCUT2D eigenvalue weighted by atomic mass is 10.1. The number of aromatic carboxylic acids is 1. The number of carbonyl (C=O) groups is 1. The van der Waals surface area contributed by atoms with Crippen molar-refractivity contribution in [1.82, 2.24) is 4.98 Å². The van der Waals surface area contributed by atoms with E-state index in [9.17, 15) is 9.90 Å². The van der Waals surface area contributed by atoms with Crippen molar-refractivity contribution < 1.29 is 14.6 Å². The van der Waals surface area contributed by atoms with E-state index < -0.39 is 5.97 Å². The lowest BCUT2D eigenvalue weighted by Gasteiger charge is -2.22. The zero-order valence-electron chi connectivity index (χ0n) is 12.0. The van der Waals surface area contributed by atoms with Crippen LogP contribution in [0.3, 0.4) is 0 Å². The van der Waals surface area contributed by atoms with Gasteiger partial charge in [-0.25, -0.2) is 9.78 Å². The van der Waals surface area contributed by atoms with Gasteiger partial charge >= 0.3 is 5.97 Å². The van der Waals surface area contributed by atoms with E-state index in [2.05, 4.69) is 4.98 Å². The first kappa shape index (κ1) is 13.8. The lowest BCUT2D eigenvalue weighted by molar-refractivity contribution is 0.0699. The molecular formula is C16H18N2O3. The van der Waals surface area contributed by atoms with Crippen LogP contribution >= 0.6 is 0 Å². The number of carboxylic acids is 1. The van der Waals surface area contributed by atoms with Gasteiger partial charge in [0.05, 0.1) is 17.2 Å². The highest BCUT2D eigenvalue weighted by molar-refractivity contribution is 6.03. The highest BCUT2D eigenvalue weighted by atomic mass is 16.5. The normalized spacial score (nSPS) is 18.0. The molecule has 3 rings (SSSR count). The molecule has 2 aromatic rings. The van der Waals surface area contributed by atoms with Crippen LogP contribution in [0.5, 0.6) is 0 Å². The zero-order chi connectivity index (χ0) is 14.8. The Labute approximate surface area is 123 Å². The minimum Gasteiger partial charge on any atom is -0.478 e. The van der Waals surface area contributed by atoms with Crippen LogP contribution in [0.1, 0.15) is 23.2 Å². The summed E-state index contributed by atoms with van der Waals surface area (Å²) < 4.78 is 5.62. The topological polar surface area (TPSA) is 62.7 Å². The second-order valence-electron chi connectivity index (χ2n) is 5.37. The van der Waals surface area contributed by atoms with Crippen molar-refractivity contribution in [3.05, 3.63) is 35.9 Å². The fourth-order valence-corrected chi connectivity index (χ4v) is 2.72. The van der Waals surface area contributed by atoms with Crippen molar-refractivity contribution in [2.24, 2.45) is 0 Å². The Morgan fingerprint density at radius 1 is 1.48 bits per heavy atom. The Bertz CT molecular complexity index is 666. The molecule has 0 radical (unpaired) electrons. The highest BCUT2D eigenvalue weighted by Crippen LogP contribution is 2.23. The number of ether oxygens (including phenoxy) is 1. The maximum Gasteiger partial charge on any atom is 0.336 e. The van der Waals surface area contributed by atoms with E-state index in [1.54, 1.807) is 12.1 Å². The summed E-state index contributed by atoms with van der Waals surface area (Å²) in [6.45, 7) is 1.54. The molecule has 0 amide bonds. The fraction of sp³-hybridized carbons (Fsp3) is 0.375. The van der Waals surface area contributed by atoms with Crippen LogP contribution < -0.4 is 4.90 Å². The summed E-state index contributed by atoms with van der Waals surface area (Å²) in [7, 11) is 1.92. The van der Waals surface area contributed by atoms with Crippen molar-refractivity contribution in [2.75, 3.05) is 25.1 Å². The summed E-state index contributed by atoms with van der Waals surface area (Å²) in [6.07, 6.45) is 2.34. The highest BCUT2D eigenvalue weighted by Gasteiger charge is 2.19. The number of benzene rings is 1. The molecule has 1 aliphatic heterocycles. The van der Waals surface area contributed by atoms with Crippen molar-refractivity contribution >= 4 is 22.7 Å². The van der Waals surface area contributed by atoms with Gasteiger partial charge in [0.1, 0.15) is 5.82 Å². The molecule has 1 aromatic heterocycles. The molecule has 110 valence electrons. The summed E-state index contributed by atoms with van der Waals surface area (Å²) in [4.78, 5) is 18.0. The molecule has 2 heterocycles. The molecule has 0 spiro atoms. The molecule has 1 N–H and O–H groups in total. The van der Waals surface area contributed by atoms with Crippen LogP contribution in [0.2, 0.25) is 0 Å². The summed E-state index contributed by atoms with van der Waals surface area (Å²) in [5, 5.41) is 10.1. The maximum absolute atomic E-state index is 11.5. The first-order valence-electron chi connectivity index (χ1n) is 7.11. The lowest BCUT2D eigenvalue weighted by Crippen LogP contribution is -2.29. The number of likely N-dealkylation sites (N-methyl/N-ethyl adjacent to an activating group) is 1. The van der Waals surface area contributed by atoms with Gasteiger partial charge in [0.15, 0.2) is 0 Å². The number of rotatable bonds is 4. The van der Waals surface area contributed by atoms with Gasteiger partial charge in [-0.2, -0.15) is 0 Å². The molecule has 1 fully saturated rings. The Morgan fingerprint density at radius 2 is 2.29 bits per heavy atom. The molecule has 1 saturated heterocycles. The summed E-state index contributed by atoms with van der Waals surface area (Å²) in [5.41, 5.74) is 0.987. The number of nitrogens with zero attached hydrogens (tertiary/aromatic N) is 2. The van der Waals surface area contributed by atoms with E-state index in [1.807, 2.05) is 30.1 Å². The molecule has 0 aliphatic carbocycles. The molecule has 1 aliphatic rings. The van der Waals surface area contributed by atoms with Crippen LogP contribution in [0.4, 0.5) is 5.82 Å². The van der Waals surface area contributed by atoms with Gasteiger partial charge in [-0.05, 0) is 25.0 Å². The third kappa shape index (κ3) is 2.83. The standard InChI is InChI=1S/C16H18N2O3/c1-18(10-11-5-4-8-21-11)15-9-13(16(19)20)12-6-2-3-7-14(12)17-15/h2-3,6-7,9,11H,4-5,8,10H2,1H3,(H,19,20). The van der Waals surface area contributed by atoms with E-state index in [-0.39, 0.29) is 11.7 Å². The van der Waals surface area contributed by atoms with Crippen LogP contribution in [0.25, 0.3) is 10.9 Å². The molecule has 5 heteroatoms. The van der Waals surface area contributed by atoms with E-state index in [4.69, 9.17) is 4.74 Å². The van der Waals surface area contributed by atoms with Gasteiger partial charge in [0.2, 0.25) is 0 Å². The SMILES string of the molecule is CN(CC1CCCO1)c1cc(C(=O)O)c2ccccc2n1. The predicted octanol–water partition coefficient (Wildman–Crippen LogP) is 2.55. The van der Waals surface area contributed by atoms with Gasteiger partial charge in [-0.15, -0.1) is 0 Å². The molecular weight excluding hydrogens is 268 g/mol. The first-order chi connectivity index (χ1) is 10.1. The molecule has 0 bridgehead atoms. The quantitative estimate of drug-likeness (QED) is 0.936. The smallest absolute Gasteiger partial charge is 0.336 e. The molecule has 21 heavy (non-hydrogen) atoms. The number of fused-ring (bicyclic) bond motifs is 1. The monoisotopic (exact) mass is 286 g/mol. The molecule has 1 atom stereocenters.